The van der Waals surface area contributed by atoms with Gasteiger partial charge in [0.15, 0.2) is 0 Å². The van der Waals surface area contributed by atoms with Gasteiger partial charge in [-0.25, -0.2) is 0 Å². The van der Waals surface area contributed by atoms with Crippen LogP contribution in [0.5, 0.6) is 0 Å². The molecule has 0 saturated carbocycles. The zero-order chi connectivity index (χ0) is 11.0. The van der Waals surface area contributed by atoms with Crippen LogP contribution in [0.25, 0.3) is 11.0 Å². The Morgan fingerprint density at radius 2 is 2.25 bits per heavy atom. The van der Waals surface area contributed by atoms with Crippen LogP contribution in [0, 0.1) is 0 Å². The normalized spacial score (nSPS) is 21.9. The summed E-state index contributed by atoms with van der Waals surface area (Å²) in [4.78, 5) is 2.35. The molecule has 3 rings (SSSR count). The minimum absolute atomic E-state index is 0.337. The fourth-order valence-corrected chi connectivity index (χ4v) is 2.34. The van der Waals surface area contributed by atoms with E-state index in [1.165, 1.54) is 5.39 Å². The Morgan fingerprint density at radius 1 is 1.38 bits per heavy atom. The molecule has 0 amide bonds. The molecule has 2 heterocycles. The van der Waals surface area contributed by atoms with Gasteiger partial charge in [-0.3, -0.25) is 4.90 Å². The van der Waals surface area contributed by atoms with Crippen LogP contribution in [0.3, 0.4) is 0 Å². The number of rotatable bonds is 2. The van der Waals surface area contributed by atoms with E-state index in [0.717, 1.165) is 37.4 Å². The van der Waals surface area contributed by atoms with E-state index in [-0.39, 0.29) is 0 Å². The molecule has 1 aromatic heterocycles. The van der Waals surface area contributed by atoms with Crippen molar-refractivity contribution >= 4 is 11.0 Å². The molecule has 0 spiro atoms. The molecule has 1 aliphatic rings. The highest BCUT2D eigenvalue weighted by molar-refractivity contribution is 5.77. The lowest BCUT2D eigenvalue weighted by atomic mass is 10.2. The number of para-hydroxylation sites is 1. The van der Waals surface area contributed by atoms with Crippen molar-refractivity contribution in [2.24, 2.45) is 5.73 Å². The summed E-state index contributed by atoms with van der Waals surface area (Å²) < 4.78 is 5.78. The number of fused-ring (bicyclic) bond motifs is 1. The van der Waals surface area contributed by atoms with Gasteiger partial charge in [0.2, 0.25) is 0 Å². The van der Waals surface area contributed by atoms with E-state index >= 15 is 0 Å². The molecular weight excluding hydrogens is 200 g/mol. The molecule has 1 aromatic carbocycles. The summed E-state index contributed by atoms with van der Waals surface area (Å²) in [6.07, 6.45) is 1.10. The van der Waals surface area contributed by atoms with Crippen molar-refractivity contribution in [1.29, 1.82) is 0 Å². The van der Waals surface area contributed by atoms with Crippen LogP contribution in [0.4, 0.5) is 0 Å². The summed E-state index contributed by atoms with van der Waals surface area (Å²) in [5.74, 6) is 1.04. The molecule has 3 nitrogen and oxygen atoms in total. The number of nitrogens with two attached hydrogens (primary N) is 1. The van der Waals surface area contributed by atoms with Crippen molar-refractivity contribution in [2.75, 3.05) is 13.1 Å². The van der Waals surface area contributed by atoms with Gasteiger partial charge in [-0.15, -0.1) is 0 Å². The maximum Gasteiger partial charge on any atom is 0.134 e. The van der Waals surface area contributed by atoms with Crippen molar-refractivity contribution < 1.29 is 4.42 Å². The van der Waals surface area contributed by atoms with Gasteiger partial charge in [-0.2, -0.15) is 0 Å². The number of likely N-dealkylation sites (tertiary alicyclic amines) is 1. The Bertz CT molecular complexity index is 458. The molecule has 3 heteroatoms. The standard InChI is InChI=1S/C13H16N2O/c14-11-5-6-15(8-11)9-12-7-10-3-1-2-4-13(10)16-12/h1-4,7,11H,5-6,8-9,14H2. The average molecular weight is 216 g/mol. The van der Waals surface area contributed by atoms with Crippen LogP contribution in [-0.2, 0) is 6.54 Å². The molecule has 0 bridgehead atoms. The van der Waals surface area contributed by atoms with Crippen molar-refractivity contribution in [3.05, 3.63) is 36.1 Å². The summed E-state index contributed by atoms with van der Waals surface area (Å²) in [5.41, 5.74) is 6.85. The predicted octanol–water partition coefficient (Wildman–Crippen LogP) is 1.97. The highest BCUT2D eigenvalue weighted by atomic mass is 16.3. The second-order valence-corrected chi connectivity index (χ2v) is 4.53. The fraction of sp³-hybridized carbons (Fsp3) is 0.385. The molecule has 1 aliphatic heterocycles. The second-order valence-electron chi connectivity index (χ2n) is 4.53. The molecule has 16 heavy (non-hydrogen) atoms. The lowest BCUT2D eigenvalue weighted by Crippen LogP contribution is -2.26. The first-order valence-electron chi connectivity index (χ1n) is 5.77. The van der Waals surface area contributed by atoms with Crippen LogP contribution in [0.1, 0.15) is 12.2 Å². The van der Waals surface area contributed by atoms with E-state index in [1.54, 1.807) is 0 Å². The first-order valence-corrected chi connectivity index (χ1v) is 5.77. The first-order chi connectivity index (χ1) is 7.81. The summed E-state index contributed by atoms with van der Waals surface area (Å²) in [6.45, 7) is 2.94. The van der Waals surface area contributed by atoms with Gasteiger partial charge < -0.3 is 10.2 Å². The van der Waals surface area contributed by atoms with Crippen molar-refractivity contribution in [2.45, 2.75) is 19.0 Å². The molecule has 0 radical (unpaired) electrons. The Hall–Kier alpha value is -1.32. The molecule has 1 saturated heterocycles. The SMILES string of the molecule is NC1CCN(Cc2cc3ccccc3o2)C1. The van der Waals surface area contributed by atoms with Gasteiger partial charge in [-0.1, -0.05) is 18.2 Å². The smallest absolute Gasteiger partial charge is 0.134 e. The zero-order valence-electron chi connectivity index (χ0n) is 9.23. The summed E-state index contributed by atoms with van der Waals surface area (Å²) in [5, 5.41) is 1.18. The summed E-state index contributed by atoms with van der Waals surface area (Å²) >= 11 is 0. The van der Waals surface area contributed by atoms with Crippen molar-refractivity contribution in [3.63, 3.8) is 0 Å². The molecule has 1 atom stereocenters. The van der Waals surface area contributed by atoms with Crippen molar-refractivity contribution in [1.82, 2.24) is 4.90 Å². The first kappa shape index (κ1) is 9.87. The van der Waals surface area contributed by atoms with E-state index in [0.29, 0.717) is 6.04 Å². The van der Waals surface area contributed by atoms with Crippen LogP contribution >= 0.6 is 0 Å². The van der Waals surface area contributed by atoms with Gasteiger partial charge in [0.05, 0.1) is 6.54 Å². The average Bonchev–Trinajstić information content (AvgIpc) is 2.84. The Balaban J connectivity index is 1.79. The number of furan rings is 1. The van der Waals surface area contributed by atoms with Crippen LogP contribution in [0.2, 0.25) is 0 Å². The summed E-state index contributed by atoms with van der Waals surface area (Å²) in [7, 11) is 0. The lowest BCUT2D eigenvalue weighted by Gasteiger charge is -2.12. The molecule has 0 aliphatic carbocycles. The highest BCUT2D eigenvalue weighted by Gasteiger charge is 2.19. The number of benzene rings is 1. The minimum atomic E-state index is 0.337. The van der Waals surface area contributed by atoms with E-state index in [9.17, 15) is 0 Å². The fourth-order valence-electron chi connectivity index (χ4n) is 2.34. The monoisotopic (exact) mass is 216 g/mol. The molecular formula is C13H16N2O. The van der Waals surface area contributed by atoms with Gasteiger partial charge in [0.25, 0.3) is 0 Å². The molecule has 1 unspecified atom stereocenters. The van der Waals surface area contributed by atoms with E-state index in [1.807, 2.05) is 18.2 Å². The highest BCUT2D eigenvalue weighted by Crippen LogP contribution is 2.21. The Morgan fingerprint density at radius 3 is 3.00 bits per heavy atom. The van der Waals surface area contributed by atoms with Crippen molar-refractivity contribution in [3.8, 4) is 0 Å². The van der Waals surface area contributed by atoms with Crippen LogP contribution < -0.4 is 5.73 Å². The van der Waals surface area contributed by atoms with Gasteiger partial charge in [0, 0.05) is 24.5 Å². The van der Waals surface area contributed by atoms with Gasteiger partial charge in [-0.05, 0) is 18.6 Å². The van der Waals surface area contributed by atoms with E-state index in [2.05, 4.69) is 17.0 Å². The molecule has 84 valence electrons. The number of hydrogen-bond donors (Lipinski definition) is 1. The lowest BCUT2D eigenvalue weighted by molar-refractivity contribution is 0.298. The molecule has 2 N–H and O–H groups in total. The van der Waals surface area contributed by atoms with Crippen LogP contribution in [0.15, 0.2) is 34.7 Å². The van der Waals surface area contributed by atoms with E-state index < -0.39 is 0 Å². The second kappa shape index (κ2) is 3.92. The number of nitrogens with zero attached hydrogens (tertiary/aromatic N) is 1. The van der Waals surface area contributed by atoms with E-state index in [4.69, 9.17) is 10.2 Å². The third kappa shape index (κ3) is 1.84. The number of hydrogen-bond acceptors (Lipinski definition) is 3. The predicted molar refractivity (Wildman–Crippen MR) is 64.1 cm³/mol. The third-order valence-electron chi connectivity index (χ3n) is 3.16. The Kier molecular flexibility index (Phi) is 2.42. The largest absolute Gasteiger partial charge is 0.460 e. The third-order valence-corrected chi connectivity index (χ3v) is 3.16. The topological polar surface area (TPSA) is 42.4 Å². The maximum atomic E-state index is 5.88. The minimum Gasteiger partial charge on any atom is -0.460 e. The maximum absolute atomic E-state index is 5.88. The molecule has 2 aromatic rings. The quantitative estimate of drug-likeness (QED) is 0.834. The van der Waals surface area contributed by atoms with Crippen LogP contribution in [-0.4, -0.2) is 24.0 Å². The molecule has 1 fully saturated rings. The summed E-state index contributed by atoms with van der Waals surface area (Å²) in [6, 6.07) is 10.6. The van der Waals surface area contributed by atoms with Gasteiger partial charge in [0.1, 0.15) is 11.3 Å². The van der Waals surface area contributed by atoms with Gasteiger partial charge >= 0.3 is 0 Å². The zero-order valence-corrected chi connectivity index (χ0v) is 9.23. The Labute approximate surface area is 94.8 Å².